The lowest BCUT2D eigenvalue weighted by molar-refractivity contribution is -0.140. The van der Waals surface area contributed by atoms with Crippen LogP contribution in [0.2, 0.25) is 0 Å². The predicted octanol–water partition coefficient (Wildman–Crippen LogP) is 5.77. The van der Waals surface area contributed by atoms with Crippen LogP contribution in [0.3, 0.4) is 0 Å². The van der Waals surface area contributed by atoms with Crippen LogP contribution in [0.15, 0.2) is 78.4 Å². The molecule has 1 atom stereocenters. The fraction of sp³-hybridized carbons (Fsp3) is 0.333. The second-order valence-electron chi connectivity index (χ2n) is 10.5. The van der Waals surface area contributed by atoms with Gasteiger partial charge in [0.15, 0.2) is 0 Å². The zero-order valence-electron chi connectivity index (χ0n) is 23.9. The number of Topliss-reactive ketones (excluding diaryl/α,β-unsaturated/α-hetero) is 1. The van der Waals surface area contributed by atoms with E-state index in [2.05, 4.69) is 0 Å². The van der Waals surface area contributed by atoms with Crippen molar-refractivity contribution in [3.8, 4) is 11.5 Å². The molecule has 0 aromatic heterocycles. The van der Waals surface area contributed by atoms with E-state index in [9.17, 15) is 14.7 Å². The molecule has 7 heteroatoms. The molecular formula is C33H38N2O5. The molecule has 0 aliphatic carbocycles. The van der Waals surface area contributed by atoms with Gasteiger partial charge in [-0.2, -0.15) is 0 Å². The molecule has 0 spiro atoms. The van der Waals surface area contributed by atoms with Crippen molar-refractivity contribution in [2.75, 3.05) is 33.8 Å². The van der Waals surface area contributed by atoms with E-state index in [1.165, 1.54) is 0 Å². The molecule has 4 rings (SSSR count). The van der Waals surface area contributed by atoms with Crippen LogP contribution in [0.5, 0.6) is 11.5 Å². The maximum absolute atomic E-state index is 13.5. The summed E-state index contributed by atoms with van der Waals surface area (Å²) in [5.74, 6) is -0.0406. The summed E-state index contributed by atoms with van der Waals surface area (Å²) in [6.45, 7) is 7.80. The number of ether oxygens (including phenoxy) is 2. The molecule has 1 amide bonds. The molecule has 40 heavy (non-hydrogen) atoms. The van der Waals surface area contributed by atoms with E-state index in [-0.39, 0.29) is 17.3 Å². The number of hydrogen-bond donors (Lipinski definition) is 1. The lowest BCUT2D eigenvalue weighted by Gasteiger charge is -2.27. The van der Waals surface area contributed by atoms with E-state index in [0.717, 1.165) is 16.9 Å². The number of carbonyl (C=O) groups excluding carboxylic acids is 2. The van der Waals surface area contributed by atoms with Gasteiger partial charge < -0.3 is 24.4 Å². The molecule has 1 saturated heterocycles. The normalized spacial score (nSPS) is 16.7. The molecule has 0 saturated carbocycles. The standard InChI is InChI=1S/C33H38N2O5/c1-6-39-28-16-15-25(20-27(28)22(2)3)31(36)29-30(35(18-17-34(4)5)33(38)32(29)37)24-13-10-14-26(19-24)40-21-23-11-8-7-9-12-23/h7-16,19-20,22,30,36H,6,17-18,21H2,1-5H3/b31-29+. The Kier molecular flexibility index (Phi) is 9.27. The van der Waals surface area contributed by atoms with Crippen LogP contribution >= 0.6 is 0 Å². The van der Waals surface area contributed by atoms with Crippen LogP contribution in [0.4, 0.5) is 0 Å². The third-order valence-electron chi connectivity index (χ3n) is 6.96. The zero-order valence-corrected chi connectivity index (χ0v) is 23.9. The number of aliphatic hydroxyl groups excluding tert-OH is 1. The minimum atomic E-state index is -0.755. The first-order valence-corrected chi connectivity index (χ1v) is 13.7. The number of ketones is 1. The number of likely N-dealkylation sites (N-methyl/N-ethyl adjacent to an activating group) is 1. The van der Waals surface area contributed by atoms with Crippen molar-refractivity contribution in [3.05, 3.63) is 101 Å². The number of likely N-dealkylation sites (tertiary alicyclic amines) is 1. The summed E-state index contributed by atoms with van der Waals surface area (Å²) in [5, 5.41) is 11.6. The van der Waals surface area contributed by atoms with Crippen molar-refractivity contribution >= 4 is 17.4 Å². The molecule has 1 fully saturated rings. The molecule has 1 N–H and O–H groups in total. The molecule has 1 aliphatic rings. The van der Waals surface area contributed by atoms with E-state index in [4.69, 9.17) is 9.47 Å². The van der Waals surface area contributed by atoms with Gasteiger partial charge in [-0.3, -0.25) is 9.59 Å². The maximum atomic E-state index is 13.5. The Bertz CT molecular complexity index is 1380. The van der Waals surface area contributed by atoms with Crippen LogP contribution in [0, 0.1) is 0 Å². The highest BCUT2D eigenvalue weighted by atomic mass is 16.5. The number of hydrogen-bond acceptors (Lipinski definition) is 6. The Labute approximate surface area is 236 Å². The zero-order chi connectivity index (χ0) is 28.8. The second-order valence-corrected chi connectivity index (χ2v) is 10.5. The van der Waals surface area contributed by atoms with Gasteiger partial charge in [-0.1, -0.05) is 56.3 Å². The third kappa shape index (κ3) is 6.37. The molecule has 3 aromatic carbocycles. The molecule has 7 nitrogen and oxygen atoms in total. The minimum Gasteiger partial charge on any atom is -0.507 e. The summed E-state index contributed by atoms with van der Waals surface area (Å²) in [7, 11) is 3.83. The average molecular weight is 543 g/mol. The highest BCUT2D eigenvalue weighted by molar-refractivity contribution is 6.46. The highest BCUT2D eigenvalue weighted by Crippen LogP contribution is 2.41. The summed E-state index contributed by atoms with van der Waals surface area (Å²) in [6, 6.07) is 21.9. The third-order valence-corrected chi connectivity index (χ3v) is 6.96. The maximum Gasteiger partial charge on any atom is 0.295 e. The van der Waals surface area contributed by atoms with Gasteiger partial charge in [-0.15, -0.1) is 0 Å². The van der Waals surface area contributed by atoms with Gasteiger partial charge in [0.25, 0.3) is 11.7 Å². The fourth-order valence-corrected chi connectivity index (χ4v) is 4.87. The number of carbonyl (C=O) groups is 2. The average Bonchev–Trinajstić information content (AvgIpc) is 3.20. The van der Waals surface area contributed by atoms with Crippen LogP contribution in [-0.2, 0) is 16.2 Å². The lowest BCUT2D eigenvalue weighted by atomic mass is 9.93. The van der Waals surface area contributed by atoms with Gasteiger partial charge >= 0.3 is 0 Å². The summed E-state index contributed by atoms with van der Waals surface area (Å²) in [5.41, 5.74) is 3.18. The van der Waals surface area contributed by atoms with E-state index < -0.39 is 17.7 Å². The smallest absolute Gasteiger partial charge is 0.295 e. The quantitative estimate of drug-likeness (QED) is 0.188. The highest BCUT2D eigenvalue weighted by Gasteiger charge is 2.46. The molecule has 1 heterocycles. The van der Waals surface area contributed by atoms with E-state index in [0.29, 0.717) is 43.2 Å². The molecule has 1 unspecified atom stereocenters. The number of aliphatic hydroxyl groups is 1. The van der Waals surface area contributed by atoms with Crippen LogP contribution in [0.1, 0.15) is 55.0 Å². The topological polar surface area (TPSA) is 79.3 Å². The second kappa shape index (κ2) is 12.8. The molecule has 3 aromatic rings. The van der Waals surface area contributed by atoms with Crippen molar-refractivity contribution in [2.24, 2.45) is 0 Å². The monoisotopic (exact) mass is 542 g/mol. The Morgan fingerprint density at radius 3 is 2.40 bits per heavy atom. The van der Waals surface area contributed by atoms with Gasteiger partial charge in [0.2, 0.25) is 0 Å². The van der Waals surface area contributed by atoms with E-state index in [1.54, 1.807) is 11.0 Å². The molecule has 210 valence electrons. The Balaban J connectivity index is 1.78. The molecule has 0 radical (unpaired) electrons. The number of benzene rings is 3. The van der Waals surface area contributed by atoms with Gasteiger partial charge in [0, 0.05) is 18.7 Å². The summed E-state index contributed by atoms with van der Waals surface area (Å²) >= 11 is 0. The number of amides is 1. The molecular weight excluding hydrogens is 504 g/mol. The van der Waals surface area contributed by atoms with Gasteiger partial charge in [0.05, 0.1) is 18.2 Å². The predicted molar refractivity (Wildman–Crippen MR) is 156 cm³/mol. The van der Waals surface area contributed by atoms with Crippen LogP contribution < -0.4 is 9.47 Å². The van der Waals surface area contributed by atoms with Crippen molar-refractivity contribution < 1.29 is 24.2 Å². The lowest BCUT2D eigenvalue weighted by Crippen LogP contribution is -2.35. The Morgan fingerprint density at radius 2 is 1.73 bits per heavy atom. The van der Waals surface area contributed by atoms with E-state index in [1.807, 2.05) is 106 Å². The van der Waals surface area contributed by atoms with Crippen LogP contribution in [0.25, 0.3) is 5.76 Å². The van der Waals surface area contributed by atoms with Crippen molar-refractivity contribution in [2.45, 2.75) is 39.3 Å². The largest absolute Gasteiger partial charge is 0.507 e. The summed E-state index contributed by atoms with van der Waals surface area (Å²) < 4.78 is 11.8. The van der Waals surface area contributed by atoms with Gasteiger partial charge in [-0.25, -0.2) is 0 Å². The van der Waals surface area contributed by atoms with Crippen molar-refractivity contribution in [1.29, 1.82) is 0 Å². The van der Waals surface area contributed by atoms with Gasteiger partial charge in [0.1, 0.15) is 23.9 Å². The fourth-order valence-electron chi connectivity index (χ4n) is 4.87. The molecule has 0 bridgehead atoms. The first-order chi connectivity index (χ1) is 19.2. The Morgan fingerprint density at radius 1 is 0.975 bits per heavy atom. The van der Waals surface area contributed by atoms with Crippen molar-refractivity contribution in [3.63, 3.8) is 0 Å². The summed E-state index contributed by atoms with van der Waals surface area (Å²) in [6.07, 6.45) is 0. The van der Waals surface area contributed by atoms with Crippen LogP contribution in [-0.4, -0.2) is 60.4 Å². The first-order valence-electron chi connectivity index (χ1n) is 13.7. The van der Waals surface area contributed by atoms with E-state index >= 15 is 0 Å². The number of nitrogens with zero attached hydrogens (tertiary/aromatic N) is 2. The van der Waals surface area contributed by atoms with Crippen molar-refractivity contribution in [1.82, 2.24) is 9.80 Å². The summed E-state index contributed by atoms with van der Waals surface area (Å²) in [4.78, 5) is 30.3. The van der Waals surface area contributed by atoms with Gasteiger partial charge in [-0.05, 0) is 74.0 Å². The SMILES string of the molecule is CCOc1ccc(/C(O)=C2\C(=O)C(=O)N(CCN(C)C)C2c2cccc(OCc3ccccc3)c2)cc1C(C)C. The number of rotatable bonds is 11. The Hall–Kier alpha value is -4.10. The first kappa shape index (κ1) is 28.9. The molecule has 1 aliphatic heterocycles. The minimum absolute atomic E-state index is 0.0721.